The summed E-state index contributed by atoms with van der Waals surface area (Å²) in [5.41, 5.74) is 2.19. The van der Waals surface area contributed by atoms with Gasteiger partial charge < -0.3 is 15.1 Å². The average Bonchev–Trinajstić information content (AvgIpc) is 2.85. The van der Waals surface area contributed by atoms with E-state index in [1.807, 2.05) is 24.0 Å². The number of hydrogen-bond donors (Lipinski definition) is 2. The van der Waals surface area contributed by atoms with Crippen LogP contribution in [0.1, 0.15) is 47.3 Å². The molecule has 2 aromatic rings. The van der Waals surface area contributed by atoms with Gasteiger partial charge in [0.25, 0.3) is 5.91 Å². The molecule has 1 aromatic carbocycles. The van der Waals surface area contributed by atoms with Gasteiger partial charge in [-0.2, -0.15) is 0 Å². The Kier molecular flexibility index (Phi) is 8.35. The summed E-state index contributed by atoms with van der Waals surface area (Å²) in [6, 6.07) is 6.05. The van der Waals surface area contributed by atoms with Gasteiger partial charge in [0, 0.05) is 36.5 Å². The molecule has 33 heavy (non-hydrogen) atoms. The lowest BCUT2D eigenvalue weighted by Crippen LogP contribution is -2.49. The quantitative estimate of drug-likeness (QED) is 0.559. The predicted molar refractivity (Wildman–Crippen MR) is 136 cm³/mol. The topological polar surface area (TPSA) is 87.4 Å². The smallest absolute Gasteiger partial charge is 0.272 e. The van der Waals surface area contributed by atoms with Crippen molar-refractivity contribution in [2.75, 3.05) is 31.5 Å². The molecule has 0 saturated carbocycles. The molecule has 3 heterocycles. The normalized spacial score (nSPS) is 18.5. The standard InChI is InChI=1S/C23H30Cl2N6OS/c1-15-21(28-14-29-22(15)27-13-16-2-3-19(24)20(25)12-16)23(32)31-8-4-17(5-9-31)30-10-6-18(33-26)7-11-30/h2-3,12,14,17-18H,4-11,13,26H2,1H3,(H,27,28,29). The minimum atomic E-state index is -0.0239. The molecule has 178 valence electrons. The number of hydrogen-bond acceptors (Lipinski definition) is 7. The maximum absolute atomic E-state index is 13.2. The Labute approximate surface area is 209 Å². The third-order valence-electron chi connectivity index (χ3n) is 6.67. The molecule has 3 N–H and O–H groups in total. The van der Waals surface area contributed by atoms with Crippen LogP contribution in [-0.4, -0.2) is 63.1 Å². The van der Waals surface area contributed by atoms with Gasteiger partial charge in [-0.15, -0.1) is 0 Å². The molecule has 0 atom stereocenters. The van der Waals surface area contributed by atoms with Crippen molar-refractivity contribution < 1.29 is 4.79 Å². The van der Waals surface area contributed by atoms with Crippen LogP contribution < -0.4 is 10.5 Å². The van der Waals surface area contributed by atoms with Gasteiger partial charge in [-0.1, -0.05) is 41.2 Å². The molecule has 2 aliphatic heterocycles. The number of halogens is 2. The van der Waals surface area contributed by atoms with Crippen molar-refractivity contribution in [1.29, 1.82) is 0 Å². The first-order chi connectivity index (χ1) is 16.0. The van der Waals surface area contributed by atoms with E-state index in [9.17, 15) is 4.79 Å². The minimum Gasteiger partial charge on any atom is -0.366 e. The number of carbonyl (C=O) groups excluding carboxylic acids is 1. The highest BCUT2D eigenvalue weighted by Gasteiger charge is 2.31. The Morgan fingerprint density at radius 3 is 2.52 bits per heavy atom. The van der Waals surface area contributed by atoms with E-state index in [0.29, 0.717) is 39.4 Å². The summed E-state index contributed by atoms with van der Waals surface area (Å²) in [6.45, 7) is 6.12. The third-order valence-corrected chi connectivity index (χ3v) is 8.26. The molecule has 0 aliphatic carbocycles. The Morgan fingerprint density at radius 1 is 1.12 bits per heavy atom. The zero-order valence-corrected chi connectivity index (χ0v) is 21.1. The maximum atomic E-state index is 13.2. The van der Waals surface area contributed by atoms with E-state index >= 15 is 0 Å². The second kappa shape index (κ2) is 11.2. The van der Waals surface area contributed by atoms with Crippen LogP contribution in [0.4, 0.5) is 5.82 Å². The minimum absolute atomic E-state index is 0.0239. The molecule has 2 aliphatic rings. The number of rotatable bonds is 6. The van der Waals surface area contributed by atoms with Crippen LogP contribution >= 0.6 is 35.1 Å². The number of likely N-dealkylation sites (tertiary alicyclic amines) is 2. The Bertz CT molecular complexity index is 977. The van der Waals surface area contributed by atoms with E-state index in [4.69, 9.17) is 28.3 Å². The van der Waals surface area contributed by atoms with Crippen molar-refractivity contribution in [3.63, 3.8) is 0 Å². The third kappa shape index (κ3) is 5.92. The maximum Gasteiger partial charge on any atom is 0.272 e. The molecule has 7 nitrogen and oxygen atoms in total. The van der Waals surface area contributed by atoms with Gasteiger partial charge in [-0.25, -0.2) is 9.97 Å². The first-order valence-corrected chi connectivity index (χ1v) is 13.0. The summed E-state index contributed by atoms with van der Waals surface area (Å²) in [4.78, 5) is 26.4. The van der Waals surface area contributed by atoms with Crippen LogP contribution in [0.25, 0.3) is 0 Å². The van der Waals surface area contributed by atoms with Crippen LogP contribution in [0.3, 0.4) is 0 Å². The van der Waals surface area contributed by atoms with E-state index in [1.165, 1.54) is 18.3 Å². The zero-order valence-electron chi connectivity index (χ0n) is 18.8. The summed E-state index contributed by atoms with van der Waals surface area (Å²) < 4.78 is 0. The molecule has 2 fully saturated rings. The molecule has 10 heteroatoms. The van der Waals surface area contributed by atoms with Gasteiger partial charge in [0.05, 0.1) is 10.0 Å². The van der Waals surface area contributed by atoms with Crippen molar-refractivity contribution >= 4 is 46.9 Å². The summed E-state index contributed by atoms with van der Waals surface area (Å²) in [5.74, 6) is 0.624. The number of nitrogens with one attached hydrogen (secondary N) is 1. The highest BCUT2D eigenvalue weighted by atomic mass is 35.5. The number of aromatic nitrogens is 2. The van der Waals surface area contributed by atoms with E-state index < -0.39 is 0 Å². The molecule has 1 aromatic heterocycles. The molecule has 2 saturated heterocycles. The van der Waals surface area contributed by atoms with Gasteiger partial charge >= 0.3 is 0 Å². The monoisotopic (exact) mass is 508 g/mol. The van der Waals surface area contributed by atoms with Crippen molar-refractivity contribution in [3.05, 3.63) is 51.4 Å². The SMILES string of the molecule is Cc1c(NCc2ccc(Cl)c(Cl)c2)ncnc1C(=O)N1CCC(N2CCC(SN)CC2)CC1. The van der Waals surface area contributed by atoms with Crippen LogP contribution in [0.15, 0.2) is 24.5 Å². The number of amides is 1. The van der Waals surface area contributed by atoms with Gasteiger partial charge in [-0.05, 0) is 63.4 Å². The molecular formula is C23H30Cl2N6OS. The molecule has 0 bridgehead atoms. The fraction of sp³-hybridized carbons (Fsp3) is 0.522. The molecule has 4 rings (SSSR count). The molecule has 0 radical (unpaired) electrons. The van der Waals surface area contributed by atoms with E-state index in [-0.39, 0.29) is 5.91 Å². The van der Waals surface area contributed by atoms with Gasteiger partial charge in [0.15, 0.2) is 0 Å². The first-order valence-electron chi connectivity index (χ1n) is 11.3. The van der Waals surface area contributed by atoms with E-state index in [1.54, 1.807) is 6.07 Å². The average molecular weight is 510 g/mol. The fourth-order valence-corrected chi connectivity index (χ4v) is 5.44. The van der Waals surface area contributed by atoms with Crippen LogP contribution in [-0.2, 0) is 6.54 Å². The number of carbonyl (C=O) groups is 1. The van der Waals surface area contributed by atoms with Crippen LogP contribution in [0, 0.1) is 6.92 Å². The largest absolute Gasteiger partial charge is 0.366 e. The van der Waals surface area contributed by atoms with Gasteiger partial charge in [-0.3, -0.25) is 9.93 Å². The number of nitrogens with two attached hydrogens (primary N) is 1. The first kappa shape index (κ1) is 24.5. The molecule has 0 unspecified atom stereocenters. The molecule has 0 spiro atoms. The Hall–Kier alpha value is -1.58. The molecular weight excluding hydrogens is 479 g/mol. The second-order valence-electron chi connectivity index (χ2n) is 8.69. The summed E-state index contributed by atoms with van der Waals surface area (Å²) >= 11 is 13.6. The number of piperidine rings is 2. The van der Waals surface area contributed by atoms with Crippen molar-refractivity contribution in [2.45, 2.75) is 50.4 Å². The zero-order chi connectivity index (χ0) is 23.4. The molecule has 1 amide bonds. The lowest BCUT2D eigenvalue weighted by Gasteiger charge is -2.41. The number of anilines is 1. The van der Waals surface area contributed by atoms with E-state index in [0.717, 1.165) is 63.0 Å². The number of benzene rings is 1. The van der Waals surface area contributed by atoms with Crippen molar-refractivity contribution in [1.82, 2.24) is 19.8 Å². The lowest BCUT2D eigenvalue weighted by atomic mass is 9.99. The summed E-state index contributed by atoms with van der Waals surface area (Å²) in [7, 11) is 0. The van der Waals surface area contributed by atoms with Crippen LogP contribution in [0.5, 0.6) is 0 Å². The summed E-state index contributed by atoms with van der Waals surface area (Å²) in [6.07, 6.45) is 5.75. The fourth-order valence-electron chi connectivity index (χ4n) is 4.64. The van der Waals surface area contributed by atoms with Gasteiger partial charge in [0.2, 0.25) is 0 Å². The number of nitrogens with zero attached hydrogens (tertiary/aromatic N) is 4. The predicted octanol–water partition coefficient (Wildman–Crippen LogP) is 4.38. The Morgan fingerprint density at radius 2 is 1.85 bits per heavy atom. The highest BCUT2D eigenvalue weighted by molar-refractivity contribution is 7.97. The highest BCUT2D eigenvalue weighted by Crippen LogP contribution is 2.26. The summed E-state index contributed by atoms with van der Waals surface area (Å²) in [5, 5.41) is 10.7. The van der Waals surface area contributed by atoms with Crippen molar-refractivity contribution in [3.8, 4) is 0 Å². The lowest BCUT2D eigenvalue weighted by molar-refractivity contribution is 0.0587. The van der Waals surface area contributed by atoms with Crippen LogP contribution in [0.2, 0.25) is 10.0 Å². The van der Waals surface area contributed by atoms with Crippen molar-refractivity contribution in [2.24, 2.45) is 5.14 Å². The van der Waals surface area contributed by atoms with Gasteiger partial charge in [0.1, 0.15) is 17.8 Å². The second-order valence-corrected chi connectivity index (χ2v) is 10.4. The Balaban J connectivity index is 1.34. The van der Waals surface area contributed by atoms with E-state index in [2.05, 4.69) is 20.2 Å².